The van der Waals surface area contributed by atoms with Crippen LogP contribution in [0.5, 0.6) is 0 Å². The Labute approximate surface area is 109 Å². The van der Waals surface area contributed by atoms with Gasteiger partial charge in [0.05, 0.1) is 12.2 Å². The van der Waals surface area contributed by atoms with Crippen LogP contribution in [0.15, 0.2) is 0 Å². The van der Waals surface area contributed by atoms with Crippen molar-refractivity contribution in [3.05, 3.63) is 15.6 Å². The number of carbonyl (C=O) groups is 2. The first kappa shape index (κ1) is 12.8. The van der Waals surface area contributed by atoms with Crippen LogP contribution in [-0.2, 0) is 6.54 Å². The maximum atomic E-state index is 11.7. The molecule has 0 bridgehead atoms. The first-order valence-corrected chi connectivity index (χ1v) is 6.62. The Morgan fingerprint density at radius 3 is 2.67 bits per heavy atom. The van der Waals surface area contributed by atoms with Crippen LogP contribution in [-0.4, -0.2) is 40.1 Å². The maximum Gasteiger partial charge on any atom is 0.347 e. The highest BCUT2D eigenvalue weighted by Crippen LogP contribution is 2.18. The molecule has 0 radical (unpaired) electrons. The largest absolute Gasteiger partial charge is 0.477 e. The van der Waals surface area contributed by atoms with Crippen LogP contribution in [0.2, 0.25) is 0 Å². The van der Waals surface area contributed by atoms with Crippen molar-refractivity contribution in [2.75, 3.05) is 13.1 Å². The molecule has 18 heavy (non-hydrogen) atoms. The van der Waals surface area contributed by atoms with E-state index in [1.54, 1.807) is 11.8 Å². The molecule has 2 N–H and O–H groups in total. The number of amides is 2. The molecule has 0 spiro atoms. The number of rotatable bonds is 3. The summed E-state index contributed by atoms with van der Waals surface area (Å²) in [4.78, 5) is 28.7. The lowest BCUT2D eigenvalue weighted by molar-refractivity contribution is 0.0701. The van der Waals surface area contributed by atoms with Gasteiger partial charge in [0.15, 0.2) is 0 Å². The summed E-state index contributed by atoms with van der Waals surface area (Å²) in [5.41, 5.74) is 0.498. The second-order valence-electron chi connectivity index (χ2n) is 4.18. The van der Waals surface area contributed by atoms with Gasteiger partial charge in [-0.1, -0.05) is 0 Å². The highest BCUT2D eigenvalue weighted by atomic mass is 32.1. The standard InChI is InChI=1S/C11H15N3O3S/c1-7-9(10(15)16)18-8(13-7)6-12-11(17)14-4-2-3-5-14/h2-6H2,1H3,(H,12,17)(H,15,16). The normalized spacial score (nSPS) is 14.8. The number of urea groups is 1. The van der Waals surface area contributed by atoms with Crippen molar-refractivity contribution in [1.29, 1.82) is 0 Å². The fourth-order valence-corrected chi connectivity index (χ4v) is 2.75. The number of hydrogen-bond donors (Lipinski definition) is 2. The van der Waals surface area contributed by atoms with Gasteiger partial charge in [-0.25, -0.2) is 14.6 Å². The second-order valence-corrected chi connectivity index (χ2v) is 5.26. The summed E-state index contributed by atoms with van der Waals surface area (Å²) in [6, 6.07) is -0.0998. The minimum Gasteiger partial charge on any atom is -0.477 e. The Morgan fingerprint density at radius 1 is 1.44 bits per heavy atom. The molecule has 2 amide bonds. The molecule has 0 aromatic carbocycles. The number of thiazole rings is 1. The Morgan fingerprint density at radius 2 is 2.11 bits per heavy atom. The van der Waals surface area contributed by atoms with E-state index in [2.05, 4.69) is 10.3 Å². The molecular weight excluding hydrogens is 254 g/mol. The van der Waals surface area contributed by atoms with E-state index in [4.69, 9.17) is 5.11 Å². The number of aromatic carboxylic acids is 1. The van der Waals surface area contributed by atoms with Crippen LogP contribution >= 0.6 is 11.3 Å². The average molecular weight is 269 g/mol. The summed E-state index contributed by atoms with van der Waals surface area (Å²) in [5.74, 6) is -0.970. The Hall–Kier alpha value is -1.63. The summed E-state index contributed by atoms with van der Waals surface area (Å²) in [7, 11) is 0. The lowest BCUT2D eigenvalue weighted by Crippen LogP contribution is -2.37. The number of carbonyl (C=O) groups excluding carboxylic acids is 1. The van der Waals surface area contributed by atoms with E-state index in [9.17, 15) is 9.59 Å². The lowest BCUT2D eigenvalue weighted by atomic mass is 10.4. The molecule has 0 atom stereocenters. The second kappa shape index (κ2) is 5.34. The summed E-state index contributed by atoms with van der Waals surface area (Å²) < 4.78 is 0. The third-order valence-electron chi connectivity index (χ3n) is 2.82. The van der Waals surface area contributed by atoms with Crippen LogP contribution < -0.4 is 5.32 Å². The molecule has 0 saturated carbocycles. The molecule has 0 aliphatic carbocycles. The van der Waals surface area contributed by atoms with Crippen molar-refractivity contribution < 1.29 is 14.7 Å². The Bertz CT molecular complexity index is 466. The minimum atomic E-state index is -0.970. The van der Waals surface area contributed by atoms with E-state index in [-0.39, 0.29) is 17.5 Å². The lowest BCUT2D eigenvalue weighted by Gasteiger charge is -2.15. The molecule has 6 nitrogen and oxygen atoms in total. The number of nitrogens with zero attached hydrogens (tertiary/aromatic N) is 2. The fraction of sp³-hybridized carbons (Fsp3) is 0.545. The molecule has 1 aromatic rings. The quantitative estimate of drug-likeness (QED) is 0.870. The van der Waals surface area contributed by atoms with Crippen molar-refractivity contribution in [3.8, 4) is 0 Å². The fourth-order valence-electron chi connectivity index (χ4n) is 1.91. The van der Waals surface area contributed by atoms with E-state index in [0.29, 0.717) is 10.7 Å². The van der Waals surface area contributed by atoms with E-state index >= 15 is 0 Å². The van der Waals surface area contributed by atoms with Gasteiger partial charge >= 0.3 is 12.0 Å². The summed E-state index contributed by atoms with van der Waals surface area (Å²) in [5, 5.41) is 12.3. The predicted octanol–water partition coefficient (Wildman–Crippen LogP) is 1.46. The smallest absolute Gasteiger partial charge is 0.347 e. The molecular formula is C11H15N3O3S. The molecule has 1 aromatic heterocycles. The van der Waals surface area contributed by atoms with Crippen LogP contribution in [0.4, 0.5) is 4.79 Å². The van der Waals surface area contributed by atoms with Gasteiger partial charge in [0.1, 0.15) is 9.88 Å². The van der Waals surface area contributed by atoms with Crippen molar-refractivity contribution in [1.82, 2.24) is 15.2 Å². The van der Waals surface area contributed by atoms with E-state index in [1.165, 1.54) is 0 Å². The SMILES string of the molecule is Cc1nc(CNC(=O)N2CCCC2)sc1C(=O)O. The topological polar surface area (TPSA) is 82.5 Å². The Kier molecular flexibility index (Phi) is 3.81. The molecule has 1 aliphatic rings. The Balaban J connectivity index is 1.91. The van der Waals surface area contributed by atoms with Crippen molar-refractivity contribution in [2.24, 2.45) is 0 Å². The van der Waals surface area contributed by atoms with Crippen LogP contribution in [0.25, 0.3) is 0 Å². The van der Waals surface area contributed by atoms with Crippen molar-refractivity contribution in [2.45, 2.75) is 26.3 Å². The molecule has 1 saturated heterocycles. The number of hydrogen-bond acceptors (Lipinski definition) is 4. The molecule has 2 heterocycles. The molecule has 0 unspecified atom stereocenters. The van der Waals surface area contributed by atoms with Gasteiger partial charge in [-0.15, -0.1) is 11.3 Å². The molecule has 98 valence electrons. The van der Waals surface area contributed by atoms with Gasteiger partial charge in [-0.3, -0.25) is 0 Å². The maximum absolute atomic E-state index is 11.7. The van der Waals surface area contributed by atoms with Gasteiger partial charge in [0, 0.05) is 13.1 Å². The van der Waals surface area contributed by atoms with Gasteiger partial charge in [-0.2, -0.15) is 0 Å². The van der Waals surface area contributed by atoms with E-state index in [0.717, 1.165) is 37.3 Å². The molecule has 1 aliphatic heterocycles. The molecule has 1 fully saturated rings. The monoisotopic (exact) mass is 269 g/mol. The van der Waals surface area contributed by atoms with Gasteiger partial charge in [-0.05, 0) is 19.8 Å². The number of aryl methyl sites for hydroxylation is 1. The molecule has 2 rings (SSSR count). The zero-order chi connectivity index (χ0) is 13.1. The number of likely N-dealkylation sites (tertiary alicyclic amines) is 1. The van der Waals surface area contributed by atoms with Gasteiger partial charge < -0.3 is 15.3 Å². The van der Waals surface area contributed by atoms with Gasteiger partial charge in [0.25, 0.3) is 0 Å². The third kappa shape index (κ3) is 2.79. The zero-order valence-corrected chi connectivity index (χ0v) is 10.9. The van der Waals surface area contributed by atoms with Crippen LogP contribution in [0.3, 0.4) is 0 Å². The number of nitrogens with one attached hydrogen (secondary N) is 1. The third-order valence-corrected chi connectivity index (χ3v) is 3.96. The number of aromatic nitrogens is 1. The first-order chi connectivity index (χ1) is 8.58. The van der Waals surface area contributed by atoms with E-state index in [1.807, 2.05) is 0 Å². The van der Waals surface area contributed by atoms with E-state index < -0.39 is 5.97 Å². The average Bonchev–Trinajstić information content (AvgIpc) is 2.94. The van der Waals surface area contributed by atoms with Crippen molar-refractivity contribution >= 4 is 23.3 Å². The van der Waals surface area contributed by atoms with Gasteiger partial charge in [0.2, 0.25) is 0 Å². The zero-order valence-electron chi connectivity index (χ0n) is 10.1. The van der Waals surface area contributed by atoms with Crippen LogP contribution in [0.1, 0.15) is 33.2 Å². The first-order valence-electron chi connectivity index (χ1n) is 5.80. The summed E-state index contributed by atoms with van der Waals surface area (Å²) in [6.07, 6.45) is 2.10. The summed E-state index contributed by atoms with van der Waals surface area (Å²) >= 11 is 1.11. The highest BCUT2D eigenvalue weighted by molar-refractivity contribution is 7.13. The molecule has 7 heteroatoms. The minimum absolute atomic E-state index is 0.0998. The number of carboxylic acids is 1. The predicted molar refractivity (Wildman–Crippen MR) is 66.9 cm³/mol. The highest BCUT2D eigenvalue weighted by Gasteiger charge is 2.18. The van der Waals surface area contributed by atoms with Crippen molar-refractivity contribution in [3.63, 3.8) is 0 Å². The summed E-state index contributed by atoms with van der Waals surface area (Å²) in [6.45, 7) is 3.53. The van der Waals surface area contributed by atoms with Crippen LogP contribution in [0, 0.1) is 6.92 Å². The number of carboxylic acid groups (broad SMARTS) is 1.